The third-order valence-electron chi connectivity index (χ3n) is 4.18. The molecule has 1 aliphatic heterocycles. The molecule has 0 unspecified atom stereocenters. The van der Waals surface area contributed by atoms with E-state index >= 15 is 0 Å². The Hall–Kier alpha value is -2.90. The van der Waals surface area contributed by atoms with Crippen LogP contribution in [0.3, 0.4) is 0 Å². The smallest absolute Gasteiger partial charge is 0.325 e. The molecule has 24 heavy (non-hydrogen) atoms. The Morgan fingerprint density at radius 1 is 1.38 bits per heavy atom. The molecule has 8 nitrogen and oxygen atoms in total. The number of amides is 1. The molecule has 8 heteroatoms. The number of aromatic nitrogens is 3. The quantitative estimate of drug-likeness (QED) is 0.854. The Balaban J connectivity index is 1.93. The topological polar surface area (TPSA) is 102 Å². The fraction of sp³-hybridized carbons (Fsp3) is 0.375. The van der Waals surface area contributed by atoms with Crippen molar-refractivity contribution in [3.05, 3.63) is 56.5 Å². The first-order chi connectivity index (χ1) is 11.5. The van der Waals surface area contributed by atoms with Gasteiger partial charge in [-0.05, 0) is 30.5 Å². The normalized spacial score (nSPS) is 17.1. The van der Waals surface area contributed by atoms with Crippen molar-refractivity contribution in [3.63, 3.8) is 0 Å². The van der Waals surface area contributed by atoms with Crippen LogP contribution in [0.1, 0.15) is 34.8 Å². The predicted octanol–water partition coefficient (Wildman–Crippen LogP) is 0.501. The van der Waals surface area contributed by atoms with Gasteiger partial charge < -0.3 is 14.8 Å². The predicted molar refractivity (Wildman–Crippen MR) is 89.3 cm³/mol. The van der Waals surface area contributed by atoms with Crippen molar-refractivity contribution >= 4 is 11.7 Å². The molecule has 1 atom stereocenters. The average Bonchev–Trinajstić information content (AvgIpc) is 3.04. The summed E-state index contributed by atoms with van der Waals surface area (Å²) in [6, 6.07) is 3.74. The first-order valence-corrected chi connectivity index (χ1v) is 7.73. The van der Waals surface area contributed by atoms with Crippen molar-refractivity contribution in [3.8, 4) is 0 Å². The van der Waals surface area contributed by atoms with E-state index in [2.05, 4.69) is 15.0 Å². The van der Waals surface area contributed by atoms with Gasteiger partial charge in [0.25, 0.3) is 11.5 Å². The first-order valence-electron chi connectivity index (χ1n) is 7.73. The van der Waals surface area contributed by atoms with Crippen LogP contribution in [0.2, 0.25) is 0 Å². The number of aromatic amines is 2. The van der Waals surface area contributed by atoms with Crippen molar-refractivity contribution in [2.75, 3.05) is 25.5 Å². The summed E-state index contributed by atoms with van der Waals surface area (Å²) in [5.41, 5.74) is -0.360. The van der Waals surface area contributed by atoms with Crippen molar-refractivity contribution in [1.29, 1.82) is 0 Å². The molecule has 2 aromatic rings. The zero-order valence-corrected chi connectivity index (χ0v) is 13.6. The van der Waals surface area contributed by atoms with E-state index in [9.17, 15) is 14.4 Å². The number of nitrogens with one attached hydrogen (secondary N) is 2. The van der Waals surface area contributed by atoms with Crippen LogP contribution in [0.4, 0.5) is 5.82 Å². The summed E-state index contributed by atoms with van der Waals surface area (Å²) in [7, 11) is 3.81. The summed E-state index contributed by atoms with van der Waals surface area (Å²) in [6.45, 7) is 0.571. The summed E-state index contributed by atoms with van der Waals surface area (Å²) < 4.78 is 0. The van der Waals surface area contributed by atoms with E-state index in [4.69, 9.17) is 0 Å². The van der Waals surface area contributed by atoms with Crippen LogP contribution in [0, 0.1) is 0 Å². The molecule has 1 amide bonds. The van der Waals surface area contributed by atoms with Crippen LogP contribution in [0.15, 0.2) is 34.1 Å². The van der Waals surface area contributed by atoms with E-state index in [1.54, 1.807) is 11.1 Å². The first kappa shape index (κ1) is 16.0. The van der Waals surface area contributed by atoms with Gasteiger partial charge in [0.05, 0.1) is 6.04 Å². The number of nitrogens with zero attached hydrogens (tertiary/aromatic N) is 3. The highest BCUT2D eigenvalue weighted by atomic mass is 16.2. The molecule has 1 fully saturated rings. The molecule has 126 valence electrons. The second-order valence-electron chi connectivity index (χ2n) is 5.98. The number of hydrogen-bond acceptors (Lipinski definition) is 5. The van der Waals surface area contributed by atoms with Crippen molar-refractivity contribution in [2.24, 2.45) is 0 Å². The molecule has 0 spiro atoms. The SMILES string of the molecule is CN(C)c1cc([C@H]2CCCN2C(=O)c2c[nH]c(=O)[nH]c2=O)ccn1. The lowest BCUT2D eigenvalue weighted by Crippen LogP contribution is -2.36. The van der Waals surface area contributed by atoms with Crippen molar-refractivity contribution in [1.82, 2.24) is 19.9 Å². The Morgan fingerprint density at radius 3 is 2.88 bits per heavy atom. The van der Waals surface area contributed by atoms with Gasteiger partial charge in [0.2, 0.25) is 0 Å². The maximum Gasteiger partial charge on any atom is 0.325 e. The lowest BCUT2D eigenvalue weighted by Gasteiger charge is -2.25. The molecule has 0 aliphatic carbocycles. The van der Waals surface area contributed by atoms with Gasteiger partial charge in [-0.15, -0.1) is 0 Å². The zero-order valence-electron chi connectivity index (χ0n) is 13.6. The molecule has 0 saturated carbocycles. The second-order valence-corrected chi connectivity index (χ2v) is 5.98. The molecule has 3 heterocycles. The summed E-state index contributed by atoms with van der Waals surface area (Å²) in [5, 5.41) is 0. The minimum atomic E-state index is -0.668. The van der Waals surface area contributed by atoms with E-state index in [1.165, 1.54) is 6.20 Å². The molecule has 1 saturated heterocycles. The van der Waals surface area contributed by atoms with Crippen LogP contribution < -0.4 is 16.1 Å². The number of likely N-dealkylation sites (tertiary alicyclic amines) is 1. The van der Waals surface area contributed by atoms with E-state index < -0.39 is 11.2 Å². The van der Waals surface area contributed by atoms with Crippen LogP contribution in [0.25, 0.3) is 0 Å². The molecular formula is C16H19N5O3. The number of H-pyrrole nitrogens is 2. The van der Waals surface area contributed by atoms with Crippen LogP contribution in [-0.2, 0) is 0 Å². The minimum Gasteiger partial charge on any atom is -0.363 e. The van der Waals surface area contributed by atoms with Crippen molar-refractivity contribution < 1.29 is 4.79 Å². The Bertz CT molecular complexity index is 870. The maximum absolute atomic E-state index is 12.7. The van der Waals surface area contributed by atoms with E-state index in [1.807, 2.05) is 31.1 Å². The Labute approximate surface area is 138 Å². The molecule has 1 aliphatic rings. The van der Waals surface area contributed by atoms with E-state index in [0.29, 0.717) is 6.54 Å². The standard InChI is InChI=1S/C16H19N5O3/c1-20(2)13-8-10(5-6-17-13)12-4-3-7-21(12)15(23)11-9-18-16(24)19-14(11)22/h5-6,8-9,12H,3-4,7H2,1-2H3,(H2,18,19,22,24)/t12-/m1/s1. The number of carbonyl (C=O) groups is 1. The largest absolute Gasteiger partial charge is 0.363 e. The monoisotopic (exact) mass is 329 g/mol. The van der Waals surface area contributed by atoms with Crippen LogP contribution in [-0.4, -0.2) is 46.4 Å². The highest BCUT2D eigenvalue weighted by Gasteiger charge is 2.32. The molecule has 2 N–H and O–H groups in total. The molecule has 2 aromatic heterocycles. The highest BCUT2D eigenvalue weighted by Crippen LogP contribution is 2.33. The third-order valence-corrected chi connectivity index (χ3v) is 4.18. The molecular weight excluding hydrogens is 310 g/mol. The van der Waals surface area contributed by atoms with Gasteiger partial charge in [0.1, 0.15) is 11.4 Å². The lowest BCUT2D eigenvalue weighted by atomic mass is 10.1. The third kappa shape index (κ3) is 2.94. The number of anilines is 1. The molecule has 0 aromatic carbocycles. The van der Waals surface area contributed by atoms with Gasteiger partial charge in [-0.1, -0.05) is 0 Å². The maximum atomic E-state index is 12.7. The molecule has 3 rings (SSSR count). The van der Waals surface area contributed by atoms with Gasteiger partial charge >= 0.3 is 5.69 Å². The van der Waals surface area contributed by atoms with Crippen LogP contribution >= 0.6 is 0 Å². The number of carbonyl (C=O) groups excluding carboxylic acids is 1. The summed E-state index contributed by atoms with van der Waals surface area (Å²) in [5.74, 6) is 0.437. The van der Waals surface area contributed by atoms with Gasteiger partial charge in [0, 0.05) is 33.0 Å². The summed E-state index contributed by atoms with van der Waals surface area (Å²) >= 11 is 0. The number of hydrogen-bond donors (Lipinski definition) is 2. The number of rotatable bonds is 3. The second kappa shape index (κ2) is 6.31. The number of pyridine rings is 1. The average molecular weight is 329 g/mol. The highest BCUT2D eigenvalue weighted by molar-refractivity contribution is 5.94. The summed E-state index contributed by atoms with van der Waals surface area (Å²) in [4.78, 5) is 48.1. The fourth-order valence-corrected chi connectivity index (χ4v) is 2.97. The van der Waals surface area contributed by atoms with Crippen molar-refractivity contribution in [2.45, 2.75) is 18.9 Å². The molecule has 0 radical (unpaired) electrons. The lowest BCUT2D eigenvalue weighted by molar-refractivity contribution is 0.0733. The van der Waals surface area contributed by atoms with Gasteiger partial charge in [0.15, 0.2) is 0 Å². The van der Waals surface area contributed by atoms with Gasteiger partial charge in [-0.3, -0.25) is 14.6 Å². The fourth-order valence-electron chi connectivity index (χ4n) is 2.97. The summed E-state index contributed by atoms with van der Waals surface area (Å²) in [6.07, 6.45) is 4.58. The van der Waals surface area contributed by atoms with Gasteiger partial charge in [-0.25, -0.2) is 9.78 Å². The molecule has 0 bridgehead atoms. The minimum absolute atomic E-state index is 0.0524. The Morgan fingerprint density at radius 2 is 2.17 bits per heavy atom. The Kier molecular flexibility index (Phi) is 4.20. The van der Waals surface area contributed by atoms with Crippen LogP contribution in [0.5, 0.6) is 0 Å². The van der Waals surface area contributed by atoms with E-state index in [-0.39, 0.29) is 17.5 Å². The van der Waals surface area contributed by atoms with E-state index in [0.717, 1.165) is 24.2 Å². The van der Waals surface area contributed by atoms with Gasteiger partial charge in [-0.2, -0.15) is 0 Å². The zero-order chi connectivity index (χ0) is 17.3.